The van der Waals surface area contributed by atoms with Crippen LogP contribution in [0, 0.1) is 5.82 Å². The number of likely N-dealkylation sites (tertiary alicyclic amines) is 1. The minimum absolute atomic E-state index is 0.283. The van der Waals surface area contributed by atoms with Crippen molar-refractivity contribution in [2.45, 2.75) is 25.3 Å². The Bertz CT molecular complexity index is 1170. The second-order valence-corrected chi connectivity index (χ2v) is 9.46. The van der Waals surface area contributed by atoms with Crippen molar-refractivity contribution in [2.24, 2.45) is 5.73 Å². The Balaban J connectivity index is 0.00000115. The van der Waals surface area contributed by atoms with E-state index >= 15 is 0 Å². The molecule has 1 aromatic heterocycles. The van der Waals surface area contributed by atoms with E-state index < -0.39 is 12.4 Å². The van der Waals surface area contributed by atoms with Crippen LogP contribution >= 0.6 is 0 Å². The predicted octanol–water partition coefficient (Wildman–Crippen LogP) is 3.00. The lowest BCUT2D eigenvalue weighted by atomic mass is 9.89. The standard InChI is InChI=1S/C26H30FN5O.CH2O2/c1-32(2)12-10-20(11-13-32)19-6-8-22(9-7-19)31-25-15-24(23(17-30-25)26(28)33)29-16-18-4-3-5-21(27)14-18;2-1-3/h3-9,14-15,17,20H,10-13,16H2,1-2H3,(H3-,28,29,30,31,33);1H,(H,2,3). The van der Waals surface area contributed by atoms with Gasteiger partial charge in [0.05, 0.1) is 38.4 Å². The number of hydrogen-bond donors (Lipinski definition) is 3. The summed E-state index contributed by atoms with van der Waals surface area (Å²) in [7, 11) is 4.59. The molecule has 2 aromatic carbocycles. The fraction of sp³-hybridized carbons (Fsp3) is 0.296. The number of carbonyl (C=O) groups is 2. The molecule has 0 bridgehead atoms. The summed E-state index contributed by atoms with van der Waals surface area (Å²) in [5.74, 6) is 0.318. The highest BCUT2D eigenvalue weighted by Gasteiger charge is 2.26. The molecular weight excluding hydrogens is 461 g/mol. The minimum Gasteiger partial charge on any atom is -0.554 e. The van der Waals surface area contributed by atoms with Gasteiger partial charge in [-0.25, -0.2) is 9.37 Å². The van der Waals surface area contributed by atoms with Crippen LogP contribution in [-0.4, -0.2) is 49.0 Å². The van der Waals surface area contributed by atoms with Gasteiger partial charge in [-0.05, 0) is 41.3 Å². The molecule has 1 aliphatic heterocycles. The van der Waals surface area contributed by atoms with Gasteiger partial charge >= 0.3 is 0 Å². The number of primary amides is 1. The first-order chi connectivity index (χ1) is 17.2. The van der Waals surface area contributed by atoms with Crippen LogP contribution in [0.15, 0.2) is 60.8 Å². The molecule has 0 radical (unpaired) electrons. The highest BCUT2D eigenvalue weighted by molar-refractivity contribution is 5.98. The van der Waals surface area contributed by atoms with Crippen LogP contribution in [0.3, 0.4) is 0 Å². The van der Waals surface area contributed by atoms with Crippen molar-refractivity contribution in [2.75, 3.05) is 37.8 Å². The smallest absolute Gasteiger partial charge is 0.252 e. The number of nitrogens with zero attached hydrogens (tertiary/aromatic N) is 2. The van der Waals surface area contributed by atoms with E-state index in [4.69, 9.17) is 15.6 Å². The van der Waals surface area contributed by atoms with E-state index in [0.29, 0.717) is 24.0 Å². The first-order valence-electron chi connectivity index (χ1n) is 11.7. The SMILES string of the molecule is C[N+]1(C)CCC(c2ccc(Nc3cc(NCc4cccc(F)c4)c(C(N)=O)cn3)cc2)CC1.O=C[O-]. The molecular formula is C27H32FN5O3. The summed E-state index contributed by atoms with van der Waals surface area (Å²) >= 11 is 0. The van der Waals surface area contributed by atoms with Crippen molar-refractivity contribution in [3.63, 3.8) is 0 Å². The van der Waals surface area contributed by atoms with Crippen LogP contribution in [0.4, 0.5) is 21.6 Å². The van der Waals surface area contributed by atoms with Gasteiger partial charge in [-0.1, -0.05) is 24.3 Å². The molecule has 9 heteroatoms. The molecule has 0 aliphatic carbocycles. The number of anilines is 3. The maximum absolute atomic E-state index is 13.5. The van der Waals surface area contributed by atoms with Crippen molar-refractivity contribution in [1.82, 2.24) is 4.98 Å². The molecule has 190 valence electrons. The van der Waals surface area contributed by atoms with Gasteiger partial charge in [-0.15, -0.1) is 0 Å². The monoisotopic (exact) mass is 493 g/mol. The van der Waals surface area contributed by atoms with Crippen molar-refractivity contribution in [3.8, 4) is 0 Å². The number of halogens is 1. The first-order valence-corrected chi connectivity index (χ1v) is 11.7. The van der Waals surface area contributed by atoms with Gasteiger partial charge < -0.3 is 30.8 Å². The van der Waals surface area contributed by atoms with Gasteiger partial charge in [0, 0.05) is 43.8 Å². The lowest BCUT2D eigenvalue weighted by molar-refractivity contribution is -0.895. The van der Waals surface area contributed by atoms with E-state index in [2.05, 4.69) is 54.0 Å². The number of rotatable bonds is 7. The lowest BCUT2D eigenvalue weighted by Crippen LogP contribution is -2.45. The van der Waals surface area contributed by atoms with E-state index in [1.165, 1.54) is 49.8 Å². The van der Waals surface area contributed by atoms with Crippen LogP contribution < -0.4 is 21.5 Å². The Hall–Kier alpha value is -3.98. The number of benzene rings is 2. The van der Waals surface area contributed by atoms with Gasteiger partial charge in [-0.2, -0.15) is 0 Å². The number of carboxylic acid groups (broad SMARTS) is 1. The average Bonchev–Trinajstić information content (AvgIpc) is 2.84. The fourth-order valence-corrected chi connectivity index (χ4v) is 4.30. The third-order valence-electron chi connectivity index (χ3n) is 6.36. The summed E-state index contributed by atoms with van der Waals surface area (Å²) < 4.78 is 14.6. The molecule has 2 heterocycles. The molecule has 1 aliphatic rings. The van der Waals surface area contributed by atoms with Gasteiger partial charge in [0.25, 0.3) is 5.91 Å². The molecule has 1 amide bonds. The van der Waals surface area contributed by atoms with Crippen molar-refractivity contribution >= 4 is 29.6 Å². The quantitative estimate of drug-likeness (QED) is 0.344. The van der Waals surface area contributed by atoms with Crippen molar-refractivity contribution in [3.05, 3.63) is 83.3 Å². The first kappa shape index (κ1) is 26.6. The zero-order chi connectivity index (χ0) is 26.1. The number of nitrogens with two attached hydrogens (primary N) is 1. The highest BCUT2D eigenvalue weighted by Crippen LogP contribution is 2.31. The molecule has 0 unspecified atom stereocenters. The molecule has 1 saturated heterocycles. The van der Waals surface area contributed by atoms with Crippen LogP contribution in [0.2, 0.25) is 0 Å². The molecule has 3 aromatic rings. The molecule has 0 atom stereocenters. The average molecular weight is 494 g/mol. The maximum atomic E-state index is 13.5. The summed E-state index contributed by atoms with van der Waals surface area (Å²) in [4.78, 5) is 24.4. The topological polar surface area (TPSA) is 120 Å². The Morgan fingerprint density at radius 3 is 2.44 bits per heavy atom. The molecule has 4 rings (SSSR count). The lowest BCUT2D eigenvalue weighted by Gasteiger charge is -2.37. The second-order valence-electron chi connectivity index (χ2n) is 9.46. The molecule has 0 saturated carbocycles. The van der Waals surface area contributed by atoms with Crippen molar-refractivity contribution < 1.29 is 23.6 Å². The number of hydrogen-bond acceptors (Lipinski definition) is 6. The summed E-state index contributed by atoms with van der Waals surface area (Å²) in [6.07, 6.45) is 3.86. The maximum Gasteiger partial charge on any atom is 0.252 e. The fourth-order valence-electron chi connectivity index (χ4n) is 4.30. The summed E-state index contributed by atoms with van der Waals surface area (Å²) in [5.41, 5.74) is 9.39. The summed E-state index contributed by atoms with van der Waals surface area (Å²) in [6.45, 7) is 2.26. The summed E-state index contributed by atoms with van der Waals surface area (Å²) in [5, 5.41) is 14.7. The van der Waals surface area contributed by atoms with Gasteiger partial charge in [0.15, 0.2) is 0 Å². The molecule has 4 N–H and O–H groups in total. The number of pyridine rings is 1. The van der Waals surface area contributed by atoms with Crippen LogP contribution in [0.5, 0.6) is 0 Å². The Morgan fingerprint density at radius 1 is 1.17 bits per heavy atom. The largest absolute Gasteiger partial charge is 0.554 e. The zero-order valence-electron chi connectivity index (χ0n) is 20.5. The highest BCUT2D eigenvalue weighted by atomic mass is 19.1. The molecule has 8 nitrogen and oxygen atoms in total. The number of quaternary nitrogens is 1. The number of nitrogens with one attached hydrogen (secondary N) is 2. The number of piperidine rings is 1. The van der Waals surface area contributed by atoms with Crippen LogP contribution in [0.25, 0.3) is 0 Å². The Morgan fingerprint density at radius 2 is 1.83 bits per heavy atom. The van der Waals surface area contributed by atoms with E-state index in [0.717, 1.165) is 15.7 Å². The van der Waals surface area contributed by atoms with E-state index in [1.807, 2.05) is 6.07 Å². The van der Waals surface area contributed by atoms with Gasteiger partial charge in [0.1, 0.15) is 11.6 Å². The zero-order valence-corrected chi connectivity index (χ0v) is 20.5. The molecule has 36 heavy (non-hydrogen) atoms. The number of carbonyl (C=O) groups excluding carboxylic acids is 2. The van der Waals surface area contributed by atoms with E-state index in [1.54, 1.807) is 12.1 Å². The molecule has 0 spiro atoms. The minimum atomic E-state index is -0.575. The van der Waals surface area contributed by atoms with Gasteiger partial charge in [-0.3, -0.25) is 4.79 Å². The summed E-state index contributed by atoms with van der Waals surface area (Å²) in [6, 6.07) is 16.5. The third kappa shape index (κ3) is 7.51. The number of amides is 1. The van der Waals surface area contributed by atoms with Crippen LogP contribution in [-0.2, 0) is 11.3 Å². The predicted molar refractivity (Wildman–Crippen MR) is 136 cm³/mol. The van der Waals surface area contributed by atoms with Crippen molar-refractivity contribution in [1.29, 1.82) is 0 Å². The Kier molecular flexibility index (Phi) is 8.97. The number of aromatic nitrogens is 1. The molecule has 1 fully saturated rings. The van der Waals surface area contributed by atoms with E-state index in [-0.39, 0.29) is 11.4 Å². The second kappa shape index (κ2) is 12.1. The normalized spacial score (nSPS) is 14.8. The third-order valence-corrected chi connectivity index (χ3v) is 6.36. The van der Waals surface area contributed by atoms with Gasteiger partial charge in [0.2, 0.25) is 0 Å². The van der Waals surface area contributed by atoms with Crippen LogP contribution in [0.1, 0.15) is 40.2 Å². The Labute approximate surface area is 210 Å². The van der Waals surface area contributed by atoms with E-state index in [9.17, 15) is 9.18 Å².